The Kier molecular flexibility index (Phi) is 3.45. The maximum Gasteiger partial charge on any atom is 0.315 e. The zero-order chi connectivity index (χ0) is 9.84. The Bertz CT molecular complexity index is 296. The van der Waals surface area contributed by atoms with Crippen LogP contribution in [0, 0.1) is 6.92 Å². The Morgan fingerprint density at radius 2 is 2.38 bits per heavy atom. The summed E-state index contributed by atoms with van der Waals surface area (Å²) < 4.78 is 4.65. The van der Waals surface area contributed by atoms with Crippen LogP contribution < -0.4 is 5.73 Å². The third kappa shape index (κ3) is 2.29. The molecule has 0 aliphatic rings. The van der Waals surface area contributed by atoms with Crippen molar-refractivity contribution in [2.24, 2.45) is 5.73 Å². The molecule has 1 aromatic heterocycles. The number of carbonyl (C=O) groups excluding carboxylic acids is 1. The van der Waals surface area contributed by atoms with E-state index in [1.807, 2.05) is 19.1 Å². The number of carbonyl (C=O) groups is 1. The minimum Gasteiger partial charge on any atom is -0.468 e. The van der Waals surface area contributed by atoms with Gasteiger partial charge in [0.05, 0.1) is 7.11 Å². The molecule has 1 rings (SSSR count). The number of thiophene rings is 1. The number of esters is 1. The molecule has 1 aromatic rings. The number of aryl methyl sites for hydroxylation is 1. The van der Waals surface area contributed by atoms with Gasteiger partial charge in [-0.1, -0.05) is 0 Å². The topological polar surface area (TPSA) is 52.3 Å². The molecule has 0 aliphatic heterocycles. The first-order valence-electron chi connectivity index (χ1n) is 4.03. The van der Waals surface area contributed by atoms with Crippen molar-refractivity contribution in [1.82, 2.24) is 0 Å². The summed E-state index contributed by atoms with van der Waals surface area (Å²) in [6, 6.07) is 3.90. The fourth-order valence-corrected chi connectivity index (χ4v) is 2.09. The minimum absolute atomic E-state index is 0.260. The highest BCUT2D eigenvalue weighted by molar-refractivity contribution is 7.12. The molecule has 0 spiro atoms. The van der Waals surface area contributed by atoms with Gasteiger partial charge in [-0.25, -0.2) is 0 Å². The van der Waals surface area contributed by atoms with Crippen LogP contribution in [-0.2, 0) is 9.53 Å². The van der Waals surface area contributed by atoms with E-state index in [1.54, 1.807) is 11.3 Å². The number of nitrogens with two attached hydrogens (primary N) is 1. The average Bonchev–Trinajstić information content (AvgIpc) is 2.53. The first-order chi connectivity index (χ1) is 6.19. The molecule has 13 heavy (non-hydrogen) atoms. The van der Waals surface area contributed by atoms with Crippen LogP contribution >= 0.6 is 11.3 Å². The third-order valence-electron chi connectivity index (χ3n) is 1.83. The van der Waals surface area contributed by atoms with E-state index in [2.05, 4.69) is 4.74 Å². The van der Waals surface area contributed by atoms with E-state index < -0.39 is 0 Å². The summed E-state index contributed by atoms with van der Waals surface area (Å²) in [5.74, 6) is -0.562. The van der Waals surface area contributed by atoms with Gasteiger partial charge < -0.3 is 10.5 Å². The SMILES string of the molecule is COC(=O)C(CN)c1ccc(C)s1. The lowest BCUT2D eigenvalue weighted by molar-refractivity contribution is -0.142. The van der Waals surface area contributed by atoms with E-state index in [1.165, 1.54) is 12.0 Å². The molecule has 0 amide bonds. The highest BCUT2D eigenvalue weighted by Gasteiger charge is 2.20. The summed E-state index contributed by atoms with van der Waals surface area (Å²) in [5, 5.41) is 0. The summed E-state index contributed by atoms with van der Waals surface area (Å²) in [4.78, 5) is 13.4. The smallest absolute Gasteiger partial charge is 0.315 e. The third-order valence-corrected chi connectivity index (χ3v) is 2.94. The predicted octanol–water partition coefficient (Wildman–Crippen LogP) is 1.27. The van der Waals surface area contributed by atoms with Crippen LogP contribution in [0.1, 0.15) is 15.7 Å². The van der Waals surface area contributed by atoms with E-state index in [4.69, 9.17) is 5.73 Å². The molecule has 4 heteroatoms. The van der Waals surface area contributed by atoms with Gasteiger partial charge in [0.2, 0.25) is 0 Å². The van der Waals surface area contributed by atoms with Crippen molar-refractivity contribution in [3.63, 3.8) is 0 Å². The van der Waals surface area contributed by atoms with Gasteiger partial charge in [-0.3, -0.25) is 4.79 Å². The summed E-state index contributed by atoms with van der Waals surface area (Å²) >= 11 is 1.58. The van der Waals surface area contributed by atoms with Crippen molar-refractivity contribution in [2.45, 2.75) is 12.8 Å². The summed E-state index contributed by atoms with van der Waals surface area (Å²) in [5.41, 5.74) is 5.50. The molecule has 0 bridgehead atoms. The molecular formula is C9H13NO2S. The number of hydrogen-bond donors (Lipinski definition) is 1. The molecular weight excluding hydrogens is 186 g/mol. The molecule has 0 fully saturated rings. The van der Waals surface area contributed by atoms with Gasteiger partial charge in [0.25, 0.3) is 0 Å². The number of methoxy groups -OCH3 is 1. The van der Waals surface area contributed by atoms with Crippen molar-refractivity contribution in [3.05, 3.63) is 21.9 Å². The van der Waals surface area contributed by atoms with Crippen LogP contribution in [0.5, 0.6) is 0 Å². The van der Waals surface area contributed by atoms with Crippen LogP contribution in [0.15, 0.2) is 12.1 Å². The van der Waals surface area contributed by atoms with Crippen LogP contribution in [-0.4, -0.2) is 19.6 Å². The van der Waals surface area contributed by atoms with Gasteiger partial charge in [-0.2, -0.15) is 0 Å². The van der Waals surface area contributed by atoms with E-state index >= 15 is 0 Å². The highest BCUT2D eigenvalue weighted by Crippen LogP contribution is 2.24. The Labute approximate surface area is 81.5 Å². The lowest BCUT2D eigenvalue weighted by Crippen LogP contribution is -2.21. The maximum atomic E-state index is 11.3. The van der Waals surface area contributed by atoms with Crippen molar-refractivity contribution < 1.29 is 9.53 Å². The molecule has 1 heterocycles. The number of ether oxygens (including phenoxy) is 1. The van der Waals surface area contributed by atoms with E-state index in [-0.39, 0.29) is 11.9 Å². The van der Waals surface area contributed by atoms with Gasteiger partial charge in [-0.15, -0.1) is 11.3 Å². The number of hydrogen-bond acceptors (Lipinski definition) is 4. The normalized spacial score (nSPS) is 12.5. The van der Waals surface area contributed by atoms with Crippen LogP contribution in [0.2, 0.25) is 0 Å². The van der Waals surface area contributed by atoms with Gasteiger partial charge in [-0.05, 0) is 19.1 Å². The Hall–Kier alpha value is -0.870. The van der Waals surface area contributed by atoms with E-state index in [9.17, 15) is 4.79 Å². The summed E-state index contributed by atoms with van der Waals surface area (Å²) in [7, 11) is 1.38. The second kappa shape index (κ2) is 4.39. The zero-order valence-corrected chi connectivity index (χ0v) is 8.56. The van der Waals surface area contributed by atoms with Gasteiger partial charge >= 0.3 is 5.97 Å². The lowest BCUT2D eigenvalue weighted by Gasteiger charge is -2.09. The molecule has 1 unspecified atom stereocenters. The Balaban J connectivity index is 2.84. The average molecular weight is 199 g/mol. The Morgan fingerprint density at radius 3 is 2.77 bits per heavy atom. The van der Waals surface area contributed by atoms with Crippen molar-refractivity contribution in [2.75, 3.05) is 13.7 Å². The van der Waals surface area contributed by atoms with E-state index in [0.717, 1.165) is 4.88 Å². The molecule has 0 aliphatic carbocycles. The monoisotopic (exact) mass is 199 g/mol. The van der Waals surface area contributed by atoms with Crippen LogP contribution in [0.3, 0.4) is 0 Å². The predicted molar refractivity (Wildman–Crippen MR) is 52.9 cm³/mol. The molecule has 3 nitrogen and oxygen atoms in total. The zero-order valence-electron chi connectivity index (χ0n) is 7.74. The fraction of sp³-hybridized carbons (Fsp3) is 0.444. The second-order valence-corrected chi connectivity index (χ2v) is 4.08. The molecule has 2 N–H and O–H groups in total. The summed E-state index contributed by atoms with van der Waals surface area (Å²) in [6.45, 7) is 2.30. The van der Waals surface area contributed by atoms with Crippen molar-refractivity contribution >= 4 is 17.3 Å². The fourth-order valence-electron chi connectivity index (χ4n) is 1.11. The maximum absolute atomic E-state index is 11.3. The Morgan fingerprint density at radius 1 is 1.69 bits per heavy atom. The second-order valence-electron chi connectivity index (χ2n) is 2.76. The van der Waals surface area contributed by atoms with Crippen LogP contribution in [0.4, 0.5) is 0 Å². The molecule has 72 valence electrons. The van der Waals surface area contributed by atoms with Gasteiger partial charge in [0.1, 0.15) is 5.92 Å². The van der Waals surface area contributed by atoms with Gasteiger partial charge in [0, 0.05) is 16.3 Å². The van der Waals surface area contributed by atoms with Gasteiger partial charge in [0.15, 0.2) is 0 Å². The largest absolute Gasteiger partial charge is 0.468 e. The van der Waals surface area contributed by atoms with Crippen LogP contribution in [0.25, 0.3) is 0 Å². The first-order valence-corrected chi connectivity index (χ1v) is 4.85. The van der Waals surface area contributed by atoms with Crippen molar-refractivity contribution in [1.29, 1.82) is 0 Å². The minimum atomic E-state index is -0.302. The standard InChI is InChI=1S/C9H13NO2S/c1-6-3-4-8(13-6)7(5-10)9(11)12-2/h3-4,7H,5,10H2,1-2H3. The molecule has 1 atom stereocenters. The quantitative estimate of drug-likeness (QED) is 0.746. The summed E-state index contributed by atoms with van der Waals surface area (Å²) in [6.07, 6.45) is 0. The molecule has 0 aromatic carbocycles. The highest BCUT2D eigenvalue weighted by atomic mass is 32.1. The van der Waals surface area contributed by atoms with Crippen molar-refractivity contribution in [3.8, 4) is 0 Å². The first kappa shape index (κ1) is 10.2. The molecule has 0 saturated carbocycles. The molecule has 0 saturated heterocycles. The molecule has 0 radical (unpaired) electrons. The van der Waals surface area contributed by atoms with E-state index in [0.29, 0.717) is 6.54 Å². The lowest BCUT2D eigenvalue weighted by atomic mass is 10.1. The number of rotatable bonds is 3.